The summed E-state index contributed by atoms with van der Waals surface area (Å²) in [6.45, 7) is 6.12. The van der Waals surface area contributed by atoms with E-state index in [4.69, 9.17) is 4.84 Å². The lowest BCUT2D eigenvalue weighted by Crippen LogP contribution is -2.44. The maximum absolute atomic E-state index is 12.7. The van der Waals surface area contributed by atoms with Gasteiger partial charge in [-0.05, 0) is 24.1 Å². The van der Waals surface area contributed by atoms with E-state index in [1.54, 1.807) is 7.05 Å². The van der Waals surface area contributed by atoms with E-state index in [1.807, 2.05) is 43.3 Å². The number of nitrogens with one attached hydrogen (secondary N) is 2. The van der Waals surface area contributed by atoms with Crippen LogP contribution in [0.15, 0.2) is 67.2 Å². The monoisotopic (exact) mass is 377 g/mol. The SMILES string of the molecule is C=C(NC(Cc1ccccc1)C(C)C(=O)N(C)OC)c1cc2ccccc2[nH]1. The molecule has 1 heterocycles. The lowest BCUT2D eigenvalue weighted by atomic mass is 9.93. The van der Waals surface area contributed by atoms with Crippen molar-refractivity contribution in [3.63, 3.8) is 0 Å². The number of aromatic amines is 1. The summed E-state index contributed by atoms with van der Waals surface area (Å²) in [5.41, 5.74) is 3.89. The first-order valence-electron chi connectivity index (χ1n) is 9.38. The summed E-state index contributed by atoms with van der Waals surface area (Å²) in [5.74, 6) is -0.383. The number of carbonyl (C=O) groups is 1. The highest BCUT2D eigenvalue weighted by atomic mass is 16.7. The molecule has 0 aliphatic rings. The second kappa shape index (κ2) is 8.76. The van der Waals surface area contributed by atoms with E-state index in [-0.39, 0.29) is 17.9 Å². The van der Waals surface area contributed by atoms with Gasteiger partial charge >= 0.3 is 0 Å². The van der Waals surface area contributed by atoms with Gasteiger partial charge in [0.05, 0.1) is 24.4 Å². The average Bonchev–Trinajstić information content (AvgIpc) is 3.16. The normalized spacial score (nSPS) is 13.1. The van der Waals surface area contributed by atoms with Crippen molar-refractivity contribution in [2.75, 3.05) is 14.2 Å². The third kappa shape index (κ3) is 4.43. The quantitative estimate of drug-likeness (QED) is 0.584. The Morgan fingerprint density at radius 2 is 1.86 bits per heavy atom. The van der Waals surface area contributed by atoms with Crippen LogP contribution in [-0.4, -0.2) is 36.2 Å². The Morgan fingerprint density at radius 1 is 1.18 bits per heavy atom. The van der Waals surface area contributed by atoms with Crippen LogP contribution in [-0.2, 0) is 16.1 Å². The van der Waals surface area contributed by atoms with Crippen LogP contribution in [0, 0.1) is 5.92 Å². The van der Waals surface area contributed by atoms with E-state index >= 15 is 0 Å². The summed E-state index contributed by atoms with van der Waals surface area (Å²) < 4.78 is 0. The van der Waals surface area contributed by atoms with Crippen molar-refractivity contribution in [1.82, 2.24) is 15.4 Å². The zero-order valence-electron chi connectivity index (χ0n) is 16.6. The molecule has 2 N–H and O–H groups in total. The Bertz CT molecular complexity index is 916. The third-order valence-electron chi connectivity index (χ3n) is 5.09. The van der Waals surface area contributed by atoms with Gasteiger partial charge in [0, 0.05) is 24.0 Å². The summed E-state index contributed by atoms with van der Waals surface area (Å²) in [7, 11) is 3.12. The fraction of sp³-hybridized carbons (Fsp3) is 0.261. The van der Waals surface area contributed by atoms with Crippen LogP contribution in [0.1, 0.15) is 18.2 Å². The molecule has 2 unspecified atom stereocenters. The Balaban J connectivity index is 1.82. The van der Waals surface area contributed by atoms with Crippen molar-refractivity contribution in [1.29, 1.82) is 0 Å². The van der Waals surface area contributed by atoms with Gasteiger partial charge in [0.15, 0.2) is 0 Å². The number of hydrogen-bond acceptors (Lipinski definition) is 3. The molecule has 146 valence electrons. The van der Waals surface area contributed by atoms with Gasteiger partial charge in [-0.25, -0.2) is 5.06 Å². The molecule has 0 bridgehead atoms. The van der Waals surface area contributed by atoms with Crippen LogP contribution in [0.5, 0.6) is 0 Å². The number of para-hydroxylation sites is 1. The molecular formula is C23H27N3O2. The van der Waals surface area contributed by atoms with Crippen molar-refractivity contribution in [3.8, 4) is 0 Å². The number of hydrogen-bond donors (Lipinski definition) is 2. The Kier molecular flexibility index (Phi) is 6.16. The standard InChI is InChI=1S/C23H27N3O2/c1-16(23(27)26(3)28-4)21(14-18-10-6-5-7-11-18)24-17(2)22-15-19-12-8-9-13-20(19)25-22/h5-13,15-16,21,24-25H,2,14H2,1,3-4H3. The summed E-state index contributed by atoms with van der Waals surface area (Å²) in [6, 6.07) is 20.2. The van der Waals surface area contributed by atoms with Crippen molar-refractivity contribution < 1.29 is 9.63 Å². The van der Waals surface area contributed by atoms with Crippen molar-refractivity contribution in [2.45, 2.75) is 19.4 Å². The highest BCUT2D eigenvalue weighted by Crippen LogP contribution is 2.21. The molecular weight excluding hydrogens is 350 g/mol. The van der Waals surface area contributed by atoms with E-state index < -0.39 is 0 Å². The maximum atomic E-state index is 12.7. The molecule has 3 rings (SSSR count). The van der Waals surface area contributed by atoms with Gasteiger partial charge in [0.25, 0.3) is 5.91 Å². The van der Waals surface area contributed by atoms with Gasteiger partial charge in [-0.3, -0.25) is 9.63 Å². The Morgan fingerprint density at radius 3 is 2.54 bits per heavy atom. The number of fused-ring (bicyclic) bond motifs is 1. The maximum Gasteiger partial charge on any atom is 0.250 e. The number of hydroxylamine groups is 2. The predicted molar refractivity (Wildman–Crippen MR) is 113 cm³/mol. The summed E-state index contributed by atoms with van der Waals surface area (Å²) in [5, 5.41) is 5.88. The molecule has 0 saturated heterocycles. The fourth-order valence-electron chi connectivity index (χ4n) is 3.31. The first-order valence-corrected chi connectivity index (χ1v) is 9.38. The molecule has 0 aliphatic heterocycles. The minimum atomic E-state index is -0.300. The van der Waals surface area contributed by atoms with Crippen molar-refractivity contribution >= 4 is 22.5 Å². The summed E-state index contributed by atoms with van der Waals surface area (Å²) in [6.07, 6.45) is 0.699. The van der Waals surface area contributed by atoms with Gasteiger partial charge < -0.3 is 10.3 Å². The van der Waals surface area contributed by atoms with Crippen LogP contribution >= 0.6 is 0 Å². The topological polar surface area (TPSA) is 57.4 Å². The van der Waals surface area contributed by atoms with E-state index in [0.717, 1.165) is 27.9 Å². The van der Waals surface area contributed by atoms with Gasteiger partial charge in [0.1, 0.15) is 0 Å². The second-order valence-corrected chi connectivity index (χ2v) is 7.00. The van der Waals surface area contributed by atoms with Crippen LogP contribution in [0.4, 0.5) is 0 Å². The first kappa shape index (κ1) is 19.7. The molecule has 0 aliphatic carbocycles. The zero-order valence-corrected chi connectivity index (χ0v) is 16.6. The zero-order chi connectivity index (χ0) is 20.1. The Labute approximate surface area is 166 Å². The minimum Gasteiger partial charge on any atom is -0.380 e. The molecule has 0 saturated carbocycles. The molecule has 1 aromatic heterocycles. The number of H-pyrrole nitrogens is 1. The molecule has 0 fully saturated rings. The number of amides is 1. The first-order chi connectivity index (χ1) is 13.5. The van der Waals surface area contributed by atoms with E-state index in [9.17, 15) is 4.79 Å². The number of nitrogens with zero attached hydrogens (tertiary/aromatic N) is 1. The Hall–Kier alpha value is -3.05. The van der Waals surface area contributed by atoms with Crippen molar-refractivity contribution in [3.05, 3.63) is 78.5 Å². The molecule has 1 amide bonds. The number of aromatic nitrogens is 1. The van der Waals surface area contributed by atoms with E-state index in [0.29, 0.717) is 6.42 Å². The molecule has 0 radical (unpaired) electrons. The highest BCUT2D eigenvalue weighted by Gasteiger charge is 2.27. The number of carbonyl (C=O) groups excluding carboxylic acids is 1. The smallest absolute Gasteiger partial charge is 0.250 e. The van der Waals surface area contributed by atoms with Gasteiger partial charge in [0.2, 0.25) is 0 Å². The van der Waals surface area contributed by atoms with Gasteiger partial charge in [-0.2, -0.15) is 0 Å². The molecule has 5 nitrogen and oxygen atoms in total. The molecule has 5 heteroatoms. The van der Waals surface area contributed by atoms with Gasteiger partial charge in [-0.1, -0.05) is 62.0 Å². The second-order valence-electron chi connectivity index (χ2n) is 7.00. The van der Waals surface area contributed by atoms with Gasteiger partial charge in [-0.15, -0.1) is 0 Å². The van der Waals surface area contributed by atoms with Crippen molar-refractivity contribution in [2.24, 2.45) is 5.92 Å². The third-order valence-corrected chi connectivity index (χ3v) is 5.09. The van der Waals surface area contributed by atoms with Crippen LogP contribution < -0.4 is 5.32 Å². The summed E-state index contributed by atoms with van der Waals surface area (Å²) >= 11 is 0. The fourth-order valence-corrected chi connectivity index (χ4v) is 3.31. The lowest BCUT2D eigenvalue weighted by Gasteiger charge is -2.28. The molecule has 0 spiro atoms. The molecule has 2 atom stereocenters. The molecule has 3 aromatic rings. The molecule has 28 heavy (non-hydrogen) atoms. The minimum absolute atomic E-state index is 0.0830. The van der Waals surface area contributed by atoms with Crippen LogP contribution in [0.2, 0.25) is 0 Å². The van der Waals surface area contributed by atoms with E-state index in [2.05, 4.69) is 41.1 Å². The molecule has 2 aromatic carbocycles. The van der Waals surface area contributed by atoms with Crippen LogP contribution in [0.3, 0.4) is 0 Å². The largest absolute Gasteiger partial charge is 0.380 e. The van der Waals surface area contributed by atoms with Crippen LogP contribution in [0.25, 0.3) is 16.6 Å². The number of rotatable bonds is 8. The van der Waals surface area contributed by atoms with E-state index in [1.165, 1.54) is 12.2 Å². The highest BCUT2D eigenvalue weighted by molar-refractivity contribution is 5.84. The lowest BCUT2D eigenvalue weighted by molar-refractivity contribution is -0.173. The summed E-state index contributed by atoms with van der Waals surface area (Å²) in [4.78, 5) is 21.2. The predicted octanol–water partition coefficient (Wildman–Crippen LogP) is 4.00. The average molecular weight is 377 g/mol. The number of benzene rings is 2.